The fourth-order valence-corrected chi connectivity index (χ4v) is 6.64. The topological polar surface area (TPSA) is 86.8 Å². The molecule has 0 unspecified atom stereocenters. The van der Waals surface area contributed by atoms with E-state index < -0.39 is 28.5 Å². The van der Waals surface area contributed by atoms with E-state index in [0.29, 0.717) is 17.3 Å². The van der Waals surface area contributed by atoms with Crippen molar-refractivity contribution in [1.29, 1.82) is 0 Å². The summed E-state index contributed by atoms with van der Waals surface area (Å²) in [5.74, 6) is -0.780. The Bertz CT molecular complexity index is 1700. The first-order valence-corrected chi connectivity index (χ1v) is 16.9. The molecule has 4 rings (SSSR count). The fourth-order valence-electron chi connectivity index (χ4n) is 5.11. The van der Waals surface area contributed by atoms with Crippen LogP contribution in [0.2, 0.25) is 5.02 Å². The molecule has 0 spiro atoms. The lowest BCUT2D eigenvalue weighted by molar-refractivity contribution is -0.140. The smallest absolute Gasteiger partial charge is 0.264 e. The summed E-state index contributed by atoms with van der Waals surface area (Å²) in [7, 11) is -4.19. The number of benzene rings is 4. The van der Waals surface area contributed by atoms with Crippen LogP contribution in [0.1, 0.15) is 42.0 Å². The number of carbonyl (C=O) groups excluding carboxylic acids is 2. The van der Waals surface area contributed by atoms with Crippen LogP contribution in [0, 0.1) is 13.8 Å². The number of nitrogens with one attached hydrogen (secondary N) is 1. The maximum atomic E-state index is 14.5. The predicted molar refractivity (Wildman–Crippen MR) is 181 cm³/mol. The Morgan fingerprint density at radius 1 is 0.822 bits per heavy atom. The van der Waals surface area contributed by atoms with E-state index in [1.165, 1.54) is 29.2 Å². The summed E-state index contributed by atoms with van der Waals surface area (Å²) in [6.45, 7) is 5.97. The van der Waals surface area contributed by atoms with Crippen LogP contribution >= 0.6 is 11.6 Å². The summed E-state index contributed by atoms with van der Waals surface area (Å²) in [5.41, 5.74) is 3.93. The second kappa shape index (κ2) is 15.7. The Balaban J connectivity index is 1.79. The molecule has 0 bridgehead atoms. The number of carbonyl (C=O) groups is 2. The van der Waals surface area contributed by atoms with Crippen LogP contribution < -0.4 is 9.62 Å². The number of hydrogen-bond acceptors (Lipinski definition) is 4. The van der Waals surface area contributed by atoms with Crippen molar-refractivity contribution < 1.29 is 18.0 Å². The highest BCUT2D eigenvalue weighted by Gasteiger charge is 2.34. The van der Waals surface area contributed by atoms with Gasteiger partial charge in [0.25, 0.3) is 10.0 Å². The number of amides is 2. The van der Waals surface area contributed by atoms with Gasteiger partial charge in [-0.1, -0.05) is 97.2 Å². The Morgan fingerprint density at radius 3 is 2.11 bits per heavy atom. The van der Waals surface area contributed by atoms with Crippen molar-refractivity contribution in [2.24, 2.45) is 0 Å². The van der Waals surface area contributed by atoms with Crippen LogP contribution in [0.15, 0.2) is 108 Å². The zero-order valence-corrected chi connectivity index (χ0v) is 27.5. The Kier molecular flexibility index (Phi) is 11.8. The van der Waals surface area contributed by atoms with Crippen molar-refractivity contribution in [2.45, 2.75) is 57.5 Å². The first-order valence-electron chi connectivity index (χ1n) is 15.1. The molecule has 0 radical (unpaired) electrons. The lowest BCUT2D eigenvalue weighted by atomic mass is 10.0. The molecule has 4 aromatic carbocycles. The molecule has 1 N–H and O–H groups in total. The van der Waals surface area contributed by atoms with Gasteiger partial charge in [-0.2, -0.15) is 0 Å². The third-order valence-corrected chi connectivity index (χ3v) is 9.55. The van der Waals surface area contributed by atoms with Gasteiger partial charge in [-0.3, -0.25) is 13.9 Å². The van der Waals surface area contributed by atoms with Crippen LogP contribution in [0.3, 0.4) is 0 Å². The van der Waals surface area contributed by atoms with Gasteiger partial charge in [0, 0.05) is 24.5 Å². The first kappa shape index (κ1) is 33.7. The fraction of sp³-hybridized carbons (Fsp3) is 0.278. The standard InChI is InChI=1S/C36H40ClN3O4S/c1-4-5-21-38-36(42)34(24-29-13-7-6-8-14-29)39(25-30-15-9-11-27(2)22-30)35(41)26-40(32-16-10-12-28(3)23-32)45(43,44)33-19-17-31(37)18-20-33/h6-20,22-23,34H,4-5,21,24-26H2,1-3H3,(H,38,42)/t34-/m0/s1. The minimum absolute atomic E-state index is 0.00424. The third kappa shape index (κ3) is 9.19. The molecule has 4 aromatic rings. The molecule has 0 aliphatic heterocycles. The van der Waals surface area contributed by atoms with Gasteiger partial charge < -0.3 is 10.2 Å². The van der Waals surface area contributed by atoms with Gasteiger partial charge in [-0.05, 0) is 73.4 Å². The Labute approximate surface area is 271 Å². The molecular weight excluding hydrogens is 606 g/mol. The van der Waals surface area contributed by atoms with Gasteiger partial charge in [-0.25, -0.2) is 8.42 Å². The largest absolute Gasteiger partial charge is 0.354 e. The second-order valence-corrected chi connectivity index (χ2v) is 13.5. The predicted octanol–water partition coefficient (Wildman–Crippen LogP) is 6.71. The number of aryl methyl sites for hydroxylation is 2. The van der Waals surface area contributed by atoms with E-state index in [0.717, 1.165) is 39.4 Å². The maximum absolute atomic E-state index is 14.5. The van der Waals surface area contributed by atoms with Crippen LogP contribution in [0.25, 0.3) is 0 Å². The summed E-state index contributed by atoms with van der Waals surface area (Å²) in [6, 6.07) is 29.3. The molecule has 0 aliphatic rings. The first-order chi connectivity index (χ1) is 21.6. The molecule has 0 saturated heterocycles. The molecule has 0 aromatic heterocycles. The molecule has 2 amide bonds. The maximum Gasteiger partial charge on any atom is 0.264 e. The lowest BCUT2D eigenvalue weighted by Gasteiger charge is -2.34. The van der Waals surface area contributed by atoms with Gasteiger partial charge in [0.05, 0.1) is 10.6 Å². The Hall–Kier alpha value is -4.14. The van der Waals surface area contributed by atoms with Crippen molar-refractivity contribution in [3.63, 3.8) is 0 Å². The highest BCUT2D eigenvalue weighted by atomic mass is 35.5. The molecular formula is C36H40ClN3O4S. The summed E-state index contributed by atoms with van der Waals surface area (Å²) < 4.78 is 29.4. The zero-order chi connectivity index (χ0) is 32.4. The molecule has 45 heavy (non-hydrogen) atoms. The SMILES string of the molecule is CCCCNC(=O)[C@H](Cc1ccccc1)N(Cc1cccc(C)c1)C(=O)CN(c1cccc(C)c1)S(=O)(=O)c1ccc(Cl)cc1. The van der Waals surface area contributed by atoms with Crippen molar-refractivity contribution in [3.05, 3.63) is 130 Å². The number of unbranched alkanes of at least 4 members (excludes halogenated alkanes) is 1. The van der Waals surface area contributed by atoms with E-state index in [1.807, 2.05) is 81.4 Å². The van der Waals surface area contributed by atoms with E-state index in [-0.39, 0.29) is 23.8 Å². The van der Waals surface area contributed by atoms with E-state index in [9.17, 15) is 18.0 Å². The summed E-state index contributed by atoms with van der Waals surface area (Å²) in [4.78, 5) is 29.9. The molecule has 236 valence electrons. The minimum atomic E-state index is -4.19. The molecule has 0 heterocycles. The highest BCUT2D eigenvalue weighted by Crippen LogP contribution is 2.27. The third-order valence-electron chi connectivity index (χ3n) is 7.51. The van der Waals surface area contributed by atoms with E-state index in [1.54, 1.807) is 18.2 Å². The second-order valence-electron chi connectivity index (χ2n) is 11.2. The molecule has 0 fully saturated rings. The molecule has 0 saturated carbocycles. The lowest BCUT2D eigenvalue weighted by Crippen LogP contribution is -2.53. The van der Waals surface area contributed by atoms with Crippen LogP contribution in [0.4, 0.5) is 5.69 Å². The van der Waals surface area contributed by atoms with Crippen LogP contribution in [-0.2, 0) is 32.6 Å². The van der Waals surface area contributed by atoms with Gasteiger partial charge in [-0.15, -0.1) is 0 Å². The number of hydrogen-bond donors (Lipinski definition) is 1. The van der Waals surface area contributed by atoms with E-state index in [4.69, 9.17) is 11.6 Å². The van der Waals surface area contributed by atoms with Crippen molar-refractivity contribution in [1.82, 2.24) is 10.2 Å². The summed E-state index contributed by atoms with van der Waals surface area (Å²) in [5, 5.41) is 3.41. The van der Waals surface area contributed by atoms with Crippen LogP contribution in [0.5, 0.6) is 0 Å². The molecule has 1 atom stereocenters. The monoisotopic (exact) mass is 645 g/mol. The van der Waals surface area contributed by atoms with Gasteiger partial charge in [0.15, 0.2) is 0 Å². The number of rotatable bonds is 14. The average molecular weight is 646 g/mol. The number of halogens is 1. The number of nitrogens with zero attached hydrogens (tertiary/aromatic N) is 2. The van der Waals surface area contributed by atoms with Crippen molar-refractivity contribution >= 4 is 39.1 Å². The average Bonchev–Trinajstić information content (AvgIpc) is 3.02. The van der Waals surface area contributed by atoms with Crippen LogP contribution in [-0.4, -0.2) is 44.3 Å². The van der Waals surface area contributed by atoms with E-state index in [2.05, 4.69) is 5.32 Å². The highest BCUT2D eigenvalue weighted by molar-refractivity contribution is 7.92. The summed E-state index contributed by atoms with van der Waals surface area (Å²) >= 11 is 6.06. The van der Waals surface area contributed by atoms with E-state index >= 15 is 0 Å². The molecule has 7 nitrogen and oxygen atoms in total. The van der Waals surface area contributed by atoms with Crippen molar-refractivity contribution in [3.8, 4) is 0 Å². The number of anilines is 1. The molecule has 9 heteroatoms. The van der Waals surface area contributed by atoms with Gasteiger partial charge in [0.2, 0.25) is 11.8 Å². The molecule has 0 aliphatic carbocycles. The minimum Gasteiger partial charge on any atom is -0.354 e. The number of sulfonamides is 1. The van der Waals surface area contributed by atoms with Crippen molar-refractivity contribution in [2.75, 3.05) is 17.4 Å². The normalized spacial score (nSPS) is 11.9. The summed E-state index contributed by atoms with van der Waals surface area (Å²) in [6.07, 6.45) is 1.98. The van der Waals surface area contributed by atoms with Gasteiger partial charge >= 0.3 is 0 Å². The van der Waals surface area contributed by atoms with Gasteiger partial charge in [0.1, 0.15) is 12.6 Å². The zero-order valence-electron chi connectivity index (χ0n) is 25.9. The quantitative estimate of drug-likeness (QED) is 0.155. The Morgan fingerprint density at radius 2 is 1.47 bits per heavy atom.